The van der Waals surface area contributed by atoms with E-state index in [0.29, 0.717) is 12.4 Å². The van der Waals surface area contributed by atoms with Crippen LogP contribution < -0.4 is 4.74 Å². The number of ether oxygens (including phenoxy) is 2. The summed E-state index contributed by atoms with van der Waals surface area (Å²) in [4.78, 5) is 2.31. The Morgan fingerprint density at radius 1 is 1.32 bits per heavy atom. The number of benzene rings is 1. The van der Waals surface area contributed by atoms with Gasteiger partial charge in [0.15, 0.2) is 11.5 Å². The zero-order valence-electron chi connectivity index (χ0n) is 11.9. The predicted octanol–water partition coefficient (Wildman–Crippen LogP) is 2.40. The molecule has 19 heavy (non-hydrogen) atoms. The van der Waals surface area contributed by atoms with Crippen LogP contribution in [0.1, 0.15) is 26.3 Å². The maximum atomic E-state index is 10.2. The van der Waals surface area contributed by atoms with Gasteiger partial charge in [-0.05, 0) is 26.8 Å². The number of phenolic OH excluding ortho intramolecular Hbond substituents is 1. The van der Waals surface area contributed by atoms with E-state index in [1.165, 1.54) is 0 Å². The molecule has 0 spiro atoms. The molecule has 106 valence electrons. The minimum absolute atomic E-state index is 0.237. The predicted molar refractivity (Wildman–Crippen MR) is 74.6 cm³/mol. The molecule has 0 amide bonds. The van der Waals surface area contributed by atoms with Crippen molar-refractivity contribution in [1.82, 2.24) is 4.90 Å². The molecule has 0 aliphatic carbocycles. The number of aromatic hydroxyl groups is 1. The van der Waals surface area contributed by atoms with Crippen LogP contribution in [0.25, 0.3) is 0 Å². The Morgan fingerprint density at radius 2 is 2.00 bits per heavy atom. The second-order valence-electron chi connectivity index (χ2n) is 5.15. The van der Waals surface area contributed by atoms with E-state index < -0.39 is 0 Å². The number of nitrogens with zero attached hydrogens (tertiary/aromatic N) is 1. The Hall–Kier alpha value is -1.26. The lowest BCUT2D eigenvalue weighted by Crippen LogP contribution is -2.44. The molecule has 4 heteroatoms. The fourth-order valence-corrected chi connectivity index (χ4v) is 2.62. The van der Waals surface area contributed by atoms with Crippen molar-refractivity contribution >= 4 is 0 Å². The summed E-state index contributed by atoms with van der Waals surface area (Å²) in [6, 6.07) is 5.67. The minimum Gasteiger partial charge on any atom is -0.504 e. The third-order valence-corrected chi connectivity index (χ3v) is 3.27. The normalized spacial score (nSPS) is 24.4. The van der Waals surface area contributed by atoms with Gasteiger partial charge in [0.25, 0.3) is 0 Å². The summed E-state index contributed by atoms with van der Waals surface area (Å²) in [6.07, 6.45) is 0.474. The Kier molecular flexibility index (Phi) is 4.66. The third kappa shape index (κ3) is 3.61. The first-order valence-corrected chi connectivity index (χ1v) is 6.91. The first kappa shape index (κ1) is 14.2. The van der Waals surface area contributed by atoms with Gasteiger partial charge in [0.1, 0.15) is 0 Å². The van der Waals surface area contributed by atoms with Crippen LogP contribution in [0.3, 0.4) is 0 Å². The zero-order chi connectivity index (χ0) is 13.8. The largest absolute Gasteiger partial charge is 0.504 e. The molecule has 1 aromatic rings. The van der Waals surface area contributed by atoms with E-state index in [1.807, 2.05) is 19.1 Å². The lowest BCUT2D eigenvalue weighted by molar-refractivity contribution is -0.0706. The molecule has 1 fully saturated rings. The number of phenols is 1. The summed E-state index contributed by atoms with van der Waals surface area (Å²) in [5, 5.41) is 10.2. The summed E-state index contributed by atoms with van der Waals surface area (Å²) >= 11 is 0. The Bertz CT molecular complexity index is 412. The van der Waals surface area contributed by atoms with E-state index >= 15 is 0 Å². The maximum Gasteiger partial charge on any atom is 0.162 e. The van der Waals surface area contributed by atoms with Crippen LogP contribution in [-0.4, -0.2) is 41.9 Å². The summed E-state index contributed by atoms with van der Waals surface area (Å²) < 4.78 is 11.1. The monoisotopic (exact) mass is 265 g/mol. The van der Waals surface area contributed by atoms with Gasteiger partial charge in [0.2, 0.25) is 0 Å². The van der Waals surface area contributed by atoms with Gasteiger partial charge < -0.3 is 14.6 Å². The molecule has 4 nitrogen and oxygen atoms in total. The van der Waals surface area contributed by atoms with Crippen molar-refractivity contribution in [1.29, 1.82) is 0 Å². The van der Waals surface area contributed by atoms with Gasteiger partial charge in [-0.1, -0.05) is 12.1 Å². The van der Waals surface area contributed by atoms with Crippen LogP contribution >= 0.6 is 0 Å². The molecule has 1 saturated heterocycles. The van der Waals surface area contributed by atoms with Crippen molar-refractivity contribution < 1.29 is 14.6 Å². The van der Waals surface area contributed by atoms with Gasteiger partial charge in [0, 0.05) is 25.2 Å². The van der Waals surface area contributed by atoms with Crippen LogP contribution in [-0.2, 0) is 11.3 Å². The maximum absolute atomic E-state index is 10.2. The van der Waals surface area contributed by atoms with Crippen LogP contribution in [0.5, 0.6) is 11.5 Å². The highest BCUT2D eigenvalue weighted by Gasteiger charge is 2.23. The molecule has 0 bridgehead atoms. The second-order valence-corrected chi connectivity index (χ2v) is 5.15. The summed E-state index contributed by atoms with van der Waals surface area (Å²) in [6.45, 7) is 9.15. The van der Waals surface area contributed by atoms with Gasteiger partial charge >= 0.3 is 0 Å². The topological polar surface area (TPSA) is 41.9 Å². The van der Waals surface area contributed by atoms with Crippen LogP contribution in [0, 0.1) is 0 Å². The lowest BCUT2D eigenvalue weighted by atomic mass is 10.1. The smallest absolute Gasteiger partial charge is 0.162 e. The fourth-order valence-electron chi connectivity index (χ4n) is 2.62. The van der Waals surface area contributed by atoms with E-state index in [-0.39, 0.29) is 18.0 Å². The number of rotatable bonds is 4. The minimum atomic E-state index is 0.237. The van der Waals surface area contributed by atoms with Gasteiger partial charge in [-0.15, -0.1) is 0 Å². The Labute approximate surface area is 114 Å². The summed E-state index contributed by atoms with van der Waals surface area (Å²) in [5.41, 5.74) is 0.909. The second kappa shape index (κ2) is 6.26. The molecule has 2 atom stereocenters. The number of hydrogen-bond donors (Lipinski definition) is 1. The molecule has 0 saturated carbocycles. The van der Waals surface area contributed by atoms with Crippen molar-refractivity contribution in [2.75, 3.05) is 19.7 Å². The third-order valence-electron chi connectivity index (χ3n) is 3.27. The van der Waals surface area contributed by atoms with Gasteiger partial charge in [-0.25, -0.2) is 0 Å². The number of hydrogen-bond acceptors (Lipinski definition) is 4. The lowest BCUT2D eigenvalue weighted by Gasteiger charge is -2.35. The van der Waals surface area contributed by atoms with Gasteiger partial charge in [-0.2, -0.15) is 0 Å². The average molecular weight is 265 g/mol. The molecule has 1 heterocycles. The molecule has 1 aromatic carbocycles. The van der Waals surface area contributed by atoms with E-state index in [9.17, 15) is 5.11 Å². The van der Waals surface area contributed by atoms with Gasteiger partial charge in [0.05, 0.1) is 18.8 Å². The molecule has 2 rings (SSSR count). The summed E-state index contributed by atoms with van der Waals surface area (Å²) in [5.74, 6) is 0.825. The fraction of sp³-hybridized carbons (Fsp3) is 0.600. The molecule has 0 aromatic heterocycles. The van der Waals surface area contributed by atoms with Crippen LogP contribution in [0.2, 0.25) is 0 Å². The first-order chi connectivity index (χ1) is 9.10. The SMILES string of the molecule is CCOc1cccc(CN2C[C@@H](C)O[C@@H](C)C2)c1O. The average Bonchev–Trinajstić information content (AvgIpc) is 2.33. The molecular weight excluding hydrogens is 242 g/mol. The molecular formula is C15H23NO3. The molecule has 1 N–H and O–H groups in total. The number of para-hydroxylation sites is 1. The highest BCUT2D eigenvalue weighted by atomic mass is 16.5. The first-order valence-electron chi connectivity index (χ1n) is 6.91. The Morgan fingerprint density at radius 3 is 2.63 bits per heavy atom. The number of morpholine rings is 1. The summed E-state index contributed by atoms with van der Waals surface area (Å²) in [7, 11) is 0. The standard InChI is InChI=1S/C15H23NO3/c1-4-18-14-7-5-6-13(15(14)17)10-16-8-11(2)19-12(3)9-16/h5-7,11-12,17H,4,8-10H2,1-3H3/t11-,12+. The van der Waals surface area contributed by atoms with Crippen molar-refractivity contribution in [3.05, 3.63) is 23.8 Å². The zero-order valence-corrected chi connectivity index (χ0v) is 11.9. The molecule has 0 unspecified atom stereocenters. The van der Waals surface area contributed by atoms with Gasteiger partial charge in [-0.3, -0.25) is 4.90 Å². The van der Waals surface area contributed by atoms with Crippen molar-refractivity contribution in [2.24, 2.45) is 0 Å². The van der Waals surface area contributed by atoms with E-state index in [1.54, 1.807) is 6.07 Å². The van der Waals surface area contributed by atoms with E-state index in [0.717, 1.165) is 25.2 Å². The highest BCUT2D eigenvalue weighted by molar-refractivity contribution is 5.45. The van der Waals surface area contributed by atoms with Crippen LogP contribution in [0.15, 0.2) is 18.2 Å². The van der Waals surface area contributed by atoms with E-state index in [2.05, 4.69) is 18.7 Å². The van der Waals surface area contributed by atoms with Crippen LogP contribution in [0.4, 0.5) is 0 Å². The van der Waals surface area contributed by atoms with E-state index in [4.69, 9.17) is 9.47 Å². The van der Waals surface area contributed by atoms with Crippen molar-refractivity contribution in [2.45, 2.75) is 39.5 Å². The van der Waals surface area contributed by atoms with Crippen molar-refractivity contribution in [3.8, 4) is 11.5 Å². The molecule has 0 radical (unpaired) electrons. The quantitative estimate of drug-likeness (QED) is 0.907. The highest BCUT2D eigenvalue weighted by Crippen LogP contribution is 2.31. The Balaban J connectivity index is 2.08. The molecule has 1 aliphatic rings. The molecule has 1 aliphatic heterocycles. The van der Waals surface area contributed by atoms with Crippen molar-refractivity contribution in [3.63, 3.8) is 0 Å².